The first-order valence-corrected chi connectivity index (χ1v) is 9.74. The predicted molar refractivity (Wildman–Crippen MR) is 110 cm³/mol. The molecule has 0 aromatic heterocycles. The van der Waals surface area contributed by atoms with Crippen LogP contribution in [0.25, 0.3) is 0 Å². The van der Waals surface area contributed by atoms with Gasteiger partial charge in [0.2, 0.25) is 0 Å². The summed E-state index contributed by atoms with van der Waals surface area (Å²) in [4.78, 5) is 13.4. The van der Waals surface area contributed by atoms with Crippen LogP contribution in [0, 0.1) is 0 Å². The lowest BCUT2D eigenvalue weighted by molar-refractivity contribution is 0.0944. The summed E-state index contributed by atoms with van der Waals surface area (Å²) in [5, 5.41) is 2.92. The van der Waals surface area contributed by atoms with Crippen molar-refractivity contribution < 1.29 is 9.53 Å². The summed E-state index contributed by atoms with van der Waals surface area (Å²) in [5.74, 6) is 1.51. The molecule has 0 spiro atoms. The molecule has 1 N–H and O–H groups in total. The van der Waals surface area contributed by atoms with Crippen molar-refractivity contribution in [2.45, 2.75) is 31.1 Å². The first-order valence-electron chi connectivity index (χ1n) is 8.76. The molecule has 0 radical (unpaired) electrons. The number of hydrogen-bond donors (Lipinski definition) is 1. The van der Waals surface area contributed by atoms with Gasteiger partial charge in [-0.05, 0) is 35.2 Å². The number of benzene rings is 2. The molecular formula is C22H27NO2S. The Kier molecular flexibility index (Phi) is 7.34. The molecule has 0 heterocycles. The van der Waals surface area contributed by atoms with Crippen molar-refractivity contribution in [2.75, 3.05) is 18.9 Å². The molecule has 3 nitrogen and oxygen atoms in total. The monoisotopic (exact) mass is 369 g/mol. The zero-order valence-corrected chi connectivity index (χ0v) is 16.6. The summed E-state index contributed by atoms with van der Waals surface area (Å²) < 4.78 is 5.72. The van der Waals surface area contributed by atoms with Crippen LogP contribution in [-0.2, 0) is 5.41 Å². The molecule has 0 atom stereocenters. The van der Waals surface area contributed by atoms with E-state index >= 15 is 0 Å². The van der Waals surface area contributed by atoms with Gasteiger partial charge in [0.05, 0.1) is 12.1 Å². The van der Waals surface area contributed by atoms with Gasteiger partial charge in [-0.3, -0.25) is 4.79 Å². The Morgan fingerprint density at radius 1 is 1.15 bits per heavy atom. The zero-order valence-electron chi connectivity index (χ0n) is 15.7. The van der Waals surface area contributed by atoms with Crippen LogP contribution in [-0.4, -0.2) is 24.8 Å². The number of rotatable bonds is 8. The zero-order chi connectivity index (χ0) is 19.0. The van der Waals surface area contributed by atoms with Crippen molar-refractivity contribution in [1.82, 2.24) is 5.32 Å². The Morgan fingerprint density at radius 2 is 1.85 bits per heavy atom. The molecule has 1 amide bonds. The minimum absolute atomic E-state index is 0.0798. The van der Waals surface area contributed by atoms with Crippen molar-refractivity contribution in [2.24, 2.45) is 0 Å². The largest absolute Gasteiger partial charge is 0.492 e. The number of nitrogens with one attached hydrogen (secondary N) is 1. The fraction of sp³-hybridized carbons (Fsp3) is 0.318. The normalized spacial score (nSPS) is 11.0. The summed E-state index contributed by atoms with van der Waals surface area (Å²) >= 11 is 1.60. The van der Waals surface area contributed by atoms with Gasteiger partial charge in [-0.25, -0.2) is 0 Å². The maximum Gasteiger partial charge on any atom is 0.252 e. The highest BCUT2D eigenvalue weighted by molar-refractivity contribution is 7.99. The first-order chi connectivity index (χ1) is 12.4. The molecule has 0 bridgehead atoms. The Labute approximate surface area is 160 Å². The summed E-state index contributed by atoms with van der Waals surface area (Å²) in [6, 6.07) is 15.7. The van der Waals surface area contributed by atoms with Crippen molar-refractivity contribution >= 4 is 17.7 Å². The molecule has 2 aromatic rings. The second-order valence-electron chi connectivity index (χ2n) is 6.97. The highest BCUT2D eigenvalue weighted by atomic mass is 32.2. The minimum atomic E-state index is -0.0798. The van der Waals surface area contributed by atoms with Crippen molar-refractivity contribution in [3.8, 4) is 5.75 Å². The number of ether oxygens (including phenoxy) is 1. The third kappa shape index (κ3) is 5.95. The van der Waals surface area contributed by atoms with Gasteiger partial charge in [-0.1, -0.05) is 51.1 Å². The number of carbonyl (C=O) groups is 1. The lowest BCUT2D eigenvalue weighted by Gasteiger charge is -2.19. The van der Waals surface area contributed by atoms with Crippen LogP contribution in [0.4, 0.5) is 0 Å². The van der Waals surface area contributed by atoms with E-state index in [1.54, 1.807) is 11.8 Å². The quantitative estimate of drug-likeness (QED) is 0.401. The van der Waals surface area contributed by atoms with Gasteiger partial charge in [0, 0.05) is 10.6 Å². The van der Waals surface area contributed by atoms with E-state index in [-0.39, 0.29) is 11.3 Å². The number of hydrogen-bond acceptors (Lipinski definition) is 3. The topological polar surface area (TPSA) is 38.3 Å². The van der Waals surface area contributed by atoms with Crippen LogP contribution in [0.15, 0.2) is 66.1 Å². The molecule has 138 valence electrons. The van der Waals surface area contributed by atoms with E-state index in [0.717, 1.165) is 16.4 Å². The van der Waals surface area contributed by atoms with Gasteiger partial charge < -0.3 is 10.1 Å². The number of thioether (sulfide) groups is 1. The van der Waals surface area contributed by atoms with Crippen LogP contribution in [0.5, 0.6) is 5.75 Å². The molecule has 0 aliphatic rings. The van der Waals surface area contributed by atoms with Crippen LogP contribution in [0.1, 0.15) is 36.7 Å². The van der Waals surface area contributed by atoms with Crippen LogP contribution in [0.3, 0.4) is 0 Å². The Morgan fingerprint density at radius 3 is 2.50 bits per heavy atom. The van der Waals surface area contributed by atoms with Gasteiger partial charge >= 0.3 is 0 Å². The van der Waals surface area contributed by atoms with E-state index < -0.39 is 0 Å². The lowest BCUT2D eigenvalue weighted by atomic mass is 9.87. The Hall–Kier alpha value is -2.20. The predicted octanol–water partition coefficient (Wildman–Crippen LogP) is 5.07. The first kappa shape index (κ1) is 20.1. The Bertz CT molecular complexity index is 733. The maximum absolute atomic E-state index is 12.4. The molecule has 0 aliphatic carbocycles. The number of carbonyl (C=O) groups excluding carboxylic acids is 1. The average molecular weight is 370 g/mol. The molecule has 2 rings (SSSR count). The Balaban J connectivity index is 1.83. The minimum Gasteiger partial charge on any atom is -0.492 e. The summed E-state index contributed by atoms with van der Waals surface area (Å²) in [6.07, 6.45) is 1.83. The van der Waals surface area contributed by atoms with Gasteiger partial charge in [0.15, 0.2) is 0 Å². The van der Waals surface area contributed by atoms with Crippen molar-refractivity contribution in [1.29, 1.82) is 0 Å². The maximum atomic E-state index is 12.4. The van der Waals surface area contributed by atoms with Crippen molar-refractivity contribution in [3.63, 3.8) is 0 Å². The van der Waals surface area contributed by atoms with E-state index in [0.29, 0.717) is 18.7 Å². The third-order valence-corrected chi connectivity index (χ3v) is 4.93. The van der Waals surface area contributed by atoms with E-state index in [1.165, 1.54) is 5.56 Å². The fourth-order valence-corrected chi connectivity index (χ4v) is 3.20. The molecular weight excluding hydrogens is 342 g/mol. The van der Waals surface area contributed by atoms with Crippen LogP contribution in [0.2, 0.25) is 0 Å². The third-order valence-electron chi connectivity index (χ3n) is 3.87. The smallest absolute Gasteiger partial charge is 0.252 e. The molecule has 0 unspecified atom stereocenters. The summed E-state index contributed by atoms with van der Waals surface area (Å²) in [6.45, 7) is 11.2. The van der Waals surface area contributed by atoms with Gasteiger partial charge in [-0.2, -0.15) is 0 Å². The molecule has 2 aromatic carbocycles. The second-order valence-corrected chi connectivity index (χ2v) is 8.04. The summed E-state index contributed by atoms with van der Waals surface area (Å²) in [7, 11) is 0. The highest BCUT2D eigenvalue weighted by Gasteiger charge is 2.13. The van der Waals surface area contributed by atoms with Crippen LogP contribution >= 0.6 is 11.8 Å². The average Bonchev–Trinajstić information content (AvgIpc) is 2.63. The van der Waals surface area contributed by atoms with Gasteiger partial charge in [0.25, 0.3) is 5.91 Å². The highest BCUT2D eigenvalue weighted by Crippen LogP contribution is 2.24. The summed E-state index contributed by atoms with van der Waals surface area (Å²) in [5.41, 5.74) is 2.09. The second kappa shape index (κ2) is 9.48. The molecule has 4 heteroatoms. The van der Waals surface area contributed by atoms with Crippen LogP contribution < -0.4 is 10.1 Å². The molecule has 0 saturated heterocycles. The van der Waals surface area contributed by atoms with Gasteiger partial charge in [-0.15, -0.1) is 18.3 Å². The van der Waals surface area contributed by atoms with E-state index in [4.69, 9.17) is 4.74 Å². The standard InChI is InChI=1S/C22H27NO2S/c1-5-16-26-20-9-7-6-8-19(20)21(24)23-14-15-25-18-12-10-17(11-13-18)22(2,3)4/h5-13H,1,14-16H2,2-4H3,(H,23,24). The lowest BCUT2D eigenvalue weighted by Crippen LogP contribution is -2.28. The van der Waals surface area contributed by atoms with E-state index in [2.05, 4.69) is 44.8 Å². The van der Waals surface area contributed by atoms with E-state index in [1.807, 2.05) is 42.5 Å². The molecule has 0 saturated carbocycles. The van der Waals surface area contributed by atoms with Crippen molar-refractivity contribution in [3.05, 3.63) is 72.3 Å². The number of amides is 1. The molecule has 0 aliphatic heterocycles. The fourth-order valence-electron chi connectivity index (χ4n) is 2.41. The van der Waals surface area contributed by atoms with E-state index in [9.17, 15) is 4.79 Å². The SMILES string of the molecule is C=CCSc1ccccc1C(=O)NCCOc1ccc(C(C)(C)C)cc1. The van der Waals surface area contributed by atoms with Gasteiger partial charge in [0.1, 0.15) is 12.4 Å². The molecule has 0 fully saturated rings. The molecule has 26 heavy (non-hydrogen) atoms.